The topological polar surface area (TPSA) is 0 Å². The summed E-state index contributed by atoms with van der Waals surface area (Å²) in [5.74, 6) is 0. The number of rotatable bonds is 4. The quantitative estimate of drug-likeness (QED) is 0.155. The van der Waals surface area contributed by atoms with E-state index >= 15 is 0 Å². The Kier molecular flexibility index (Phi) is 13.7. The predicted octanol–water partition coefficient (Wildman–Crippen LogP) is 15.7. The SMILES string of the molecule is CC(C)(C)c1cc2c([c-]c1-c1ccccc1)Cc1cc(-c3ccccc3)c(C(C)(C)C)cc1-2.CC(C)(C)c1ccc([C](=[Zr+2])c2ccc(C(C)(C)C)cc2)cc1.[C-]1=CC=CC1. The Morgan fingerprint density at radius 2 is 0.983 bits per heavy atom. The summed E-state index contributed by atoms with van der Waals surface area (Å²) in [5, 5.41) is 0. The maximum absolute atomic E-state index is 3.88. The summed E-state index contributed by atoms with van der Waals surface area (Å²) in [5.41, 5.74) is 19.4. The molecule has 0 amide bonds. The largest absolute Gasteiger partial charge is 0.273 e. The van der Waals surface area contributed by atoms with Crippen molar-refractivity contribution in [3.8, 4) is 33.4 Å². The van der Waals surface area contributed by atoms with Crippen molar-refractivity contribution in [3.63, 3.8) is 0 Å². The Bertz CT molecular complexity index is 2290. The van der Waals surface area contributed by atoms with Gasteiger partial charge in [-0.1, -0.05) is 131 Å². The Balaban J connectivity index is 0.000000192. The molecular formula is C59H64Zr. The molecule has 0 fully saturated rings. The van der Waals surface area contributed by atoms with E-state index in [2.05, 4.69) is 229 Å². The first-order valence-electron chi connectivity index (χ1n) is 21.6. The summed E-state index contributed by atoms with van der Waals surface area (Å²) in [4.78, 5) is 0. The molecule has 0 aromatic heterocycles. The molecule has 0 unspecified atom stereocenters. The van der Waals surface area contributed by atoms with Crippen LogP contribution in [0.1, 0.15) is 134 Å². The fourth-order valence-electron chi connectivity index (χ4n) is 7.88. The molecule has 6 aromatic rings. The van der Waals surface area contributed by atoms with Crippen LogP contribution in [0.25, 0.3) is 33.4 Å². The second-order valence-electron chi connectivity index (χ2n) is 20.4. The molecule has 0 bridgehead atoms. The van der Waals surface area contributed by atoms with Crippen molar-refractivity contribution in [1.82, 2.24) is 0 Å². The van der Waals surface area contributed by atoms with E-state index in [1.54, 1.807) is 0 Å². The van der Waals surface area contributed by atoms with Gasteiger partial charge in [-0.25, -0.2) is 12.2 Å². The van der Waals surface area contributed by atoms with Gasteiger partial charge in [0.2, 0.25) is 0 Å². The van der Waals surface area contributed by atoms with Crippen molar-refractivity contribution >= 4 is 3.21 Å². The summed E-state index contributed by atoms with van der Waals surface area (Å²) in [6.45, 7) is 27.4. The number of hydrogen-bond acceptors (Lipinski definition) is 0. The van der Waals surface area contributed by atoms with E-state index < -0.39 is 0 Å². The average Bonchev–Trinajstić information content (AvgIpc) is 3.91. The standard InChI is InChI=1S/C33H33.C21H26.C5H5.Zr/c1-32(2,3)30-20-26-24(18-28(30)22-13-9-7-10-14-22)17-25-19-29(23-15-11-8-12-16-23)31(21-27(25)26)33(4,5)6;1-20(2,3)18-11-7-16(8-12-18)15-17-9-13-19(14-10-17)21(4,5)6;1-2-4-5-3-1;/h7-16,18,20-21H,17H2,1-6H3;7-14H,1-6H3;1-3H,4H2;/q-1;;-1;+2. The molecule has 0 radical (unpaired) electrons. The summed E-state index contributed by atoms with van der Waals surface area (Å²) in [7, 11) is 0. The molecule has 6 aromatic carbocycles. The minimum atomic E-state index is 0.0380. The van der Waals surface area contributed by atoms with Gasteiger partial charge in [0.25, 0.3) is 0 Å². The average molecular weight is 864 g/mol. The van der Waals surface area contributed by atoms with Crippen LogP contribution in [0.2, 0.25) is 0 Å². The van der Waals surface area contributed by atoms with Crippen LogP contribution in [0.3, 0.4) is 0 Å². The minimum Gasteiger partial charge on any atom is -0.273 e. The molecule has 0 atom stereocenters. The molecule has 304 valence electrons. The Hall–Kier alpha value is -4.45. The second kappa shape index (κ2) is 18.3. The number of allylic oxidation sites excluding steroid dienone is 4. The van der Waals surface area contributed by atoms with E-state index in [1.165, 1.54) is 105 Å². The molecule has 0 aliphatic heterocycles. The van der Waals surface area contributed by atoms with Crippen molar-refractivity contribution in [2.24, 2.45) is 0 Å². The summed E-state index contributed by atoms with van der Waals surface area (Å²) >= 11 is 1.46. The normalized spacial score (nSPS) is 13.2. The zero-order valence-corrected chi connectivity index (χ0v) is 40.7. The van der Waals surface area contributed by atoms with Crippen LogP contribution < -0.4 is 0 Å². The molecule has 1 heteroatoms. The van der Waals surface area contributed by atoms with Crippen LogP contribution >= 0.6 is 0 Å². The molecule has 0 N–H and O–H groups in total. The molecule has 0 saturated carbocycles. The molecule has 0 saturated heterocycles. The molecule has 8 rings (SSSR count). The van der Waals surface area contributed by atoms with Crippen LogP contribution in [0.5, 0.6) is 0 Å². The van der Waals surface area contributed by atoms with Crippen molar-refractivity contribution in [2.45, 2.75) is 118 Å². The fraction of sp³-hybridized carbons (Fsp3) is 0.305. The van der Waals surface area contributed by atoms with Gasteiger partial charge in [-0.3, -0.25) is 6.08 Å². The van der Waals surface area contributed by atoms with Gasteiger partial charge in [0.15, 0.2) is 0 Å². The smallest absolute Gasteiger partial charge is 0.109 e. The van der Waals surface area contributed by atoms with Crippen LogP contribution in [0, 0.1) is 12.1 Å². The van der Waals surface area contributed by atoms with E-state index in [0.717, 1.165) is 12.8 Å². The van der Waals surface area contributed by atoms with Gasteiger partial charge in [-0.2, -0.15) is 6.08 Å². The van der Waals surface area contributed by atoms with Gasteiger partial charge in [-0.05, 0) is 39.5 Å². The van der Waals surface area contributed by atoms with Gasteiger partial charge >= 0.3 is 151 Å². The van der Waals surface area contributed by atoms with E-state index in [4.69, 9.17) is 0 Å². The van der Waals surface area contributed by atoms with E-state index in [9.17, 15) is 0 Å². The zero-order chi connectivity index (χ0) is 43.5. The monoisotopic (exact) mass is 862 g/mol. The Morgan fingerprint density at radius 3 is 1.40 bits per heavy atom. The van der Waals surface area contributed by atoms with Crippen LogP contribution in [0.4, 0.5) is 0 Å². The molecule has 0 spiro atoms. The molecular weight excluding hydrogens is 800 g/mol. The van der Waals surface area contributed by atoms with E-state index in [-0.39, 0.29) is 21.7 Å². The zero-order valence-electron chi connectivity index (χ0n) is 38.3. The van der Waals surface area contributed by atoms with Gasteiger partial charge in [-0.15, -0.1) is 35.2 Å². The molecule has 2 aliphatic carbocycles. The number of benzene rings is 6. The second-order valence-corrected chi connectivity index (χ2v) is 21.7. The van der Waals surface area contributed by atoms with Gasteiger partial charge < -0.3 is 0 Å². The molecule has 2 aliphatic rings. The van der Waals surface area contributed by atoms with Gasteiger partial charge in [0, 0.05) is 0 Å². The Morgan fingerprint density at radius 1 is 0.500 bits per heavy atom. The summed E-state index contributed by atoms with van der Waals surface area (Å²) in [6.07, 6.45) is 10.9. The number of fused-ring (bicyclic) bond motifs is 3. The Labute approximate surface area is 378 Å². The van der Waals surface area contributed by atoms with Crippen molar-refractivity contribution in [1.29, 1.82) is 0 Å². The third kappa shape index (κ3) is 10.9. The minimum absolute atomic E-state index is 0.0380. The maximum atomic E-state index is 3.88. The molecule has 0 heterocycles. The van der Waals surface area contributed by atoms with Crippen molar-refractivity contribution < 1.29 is 24.2 Å². The maximum Gasteiger partial charge on any atom is -0.109 e. The molecule has 0 nitrogen and oxygen atoms in total. The van der Waals surface area contributed by atoms with Crippen molar-refractivity contribution in [3.05, 3.63) is 202 Å². The van der Waals surface area contributed by atoms with Crippen molar-refractivity contribution in [2.75, 3.05) is 0 Å². The van der Waals surface area contributed by atoms with Gasteiger partial charge in [0.1, 0.15) is 0 Å². The predicted molar refractivity (Wildman–Crippen MR) is 257 cm³/mol. The summed E-state index contributed by atoms with van der Waals surface area (Å²) in [6, 6.07) is 51.0. The third-order valence-corrected chi connectivity index (χ3v) is 12.9. The van der Waals surface area contributed by atoms with Gasteiger partial charge in [0.05, 0.1) is 0 Å². The number of hydrogen-bond donors (Lipinski definition) is 0. The fourth-order valence-corrected chi connectivity index (χ4v) is 8.70. The van der Waals surface area contributed by atoms with Crippen LogP contribution in [-0.4, -0.2) is 3.21 Å². The van der Waals surface area contributed by atoms with E-state index in [1.807, 2.05) is 12.2 Å². The van der Waals surface area contributed by atoms with Crippen LogP contribution in [0.15, 0.2) is 146 Å². The summed E-state index contributed by atoms with van der Waals surface area (Å²) < 4.78 is 1.42. The first-order chi connectivity index (χ1) is 28.2. The van der Waals surface area contributed by atoms with Crippen LogP contribution in [-0.2, 0) is 52.3 Å². The van der Waals surface area contributed by atoms with E-state index in [0.29, 0.717) is 0 Å². The first-order valence-corrected chi connectivity index (χ1v) is 22.8. The first kappa shape index (κ1) is 45.1. The molecule has 60 heavy (non-hydrogen) atoms. The third-order valence-electron chi connectivity index (χ3n) is 11.5.